The first kappa shape index (κ1) is 10.9. The Hall–Kier alpha value is -0.640. The first-order chi connectivity index (χ1) is 7.36. The number of hydrogen-bond acceptors (Lipinski definition) is 3. The van der Waals surface area contributed by atoms with Crippen LogP contribution in [0, 0.1) is 0 Å². The van der Waals surface area contributed by atoms with Crippen molar-refractivity contribution in [2.45, 2.75) is 19.4 Å². The van der Waals surface area contributed by atoms with Gasteiger partial charge in [-0.1, -0.05) is 6.07 Å². The lowest BCUT2D eigenvalue weighted by atomic mass is 10.2. The fraction of sp³-hybridized carbons (Fsp3) is 0.333. The average molecular weight is 237 g/mol. The van der Waals surface area contributed by atoms with Gasteiger partial charge in [0.1, 0.15) is 0 Å². The van der Waals surface area contributed by atoms with Gasteiger partial charge in [-0.3, -0.25) is 0 Å². The minimum atomic E-state index is 0.476. The van der Waals surface area contributed by atoms with Gasteiger partial charge in [0.05, 0.1) is 0 Å². The number of rotatable bonds is 5. The Morgan fingerprint density at radius 3 is 2.93 bits per heavy atom. The quantitative estimate of drug-likeness (QED) is 0.836. The lowest BCUT2D eigenvalue weighted by Gasteiger charge is -2.11. The third kappa shape index (κ3) is 3.16. The van der Waals surface area contributed by atoms with Crippen LogP contribution < -0.4 is 5.32 Å². The van der Waals surface area contributed by atoms with Crippen LogP contribution in [0.3, 0.4) is 0 Å². The fourth-order valence-electron chi connectivity index (χ4n) is 1.51. The predicted octanol–water partition coefficient (Wildman–Crippen LogP) is 3.70. The van der Waals surface area contributed by atoms with Crippen LogP contribution >= 0.6 is 22.7 Å². The molecule has 2 aromatic rings. The molecule has 0 saturated carbocycles. The topological polar surface area (TPSA) is 12.0 Å². The molecule has 3 heteroatoms. The predicted molar refractivity (Wildman–Crippen MR) is 68.8 cm³/mol. The summed E-state index contributed by atoms with van der Waals surface area (Å²) in [7, 11) is 0. The molecule has 2 rings (SSSR count). The molecule has 0 aliphatic carbocycles. The van der Waals surface area contributed by atoms with E-state index in [-0.39, 0.29) is 0 Å². The number of nitrogens with one attached hydrogen (secondary N) is 1. The van der Waals surface area contributed by atoms with Crippen LogP contribution in [0.25, 0.3) is 0 Å². The molecule has 0 fully saturated rings. The summed E-state index contributed by atoms with van der Waals surface area (Å²) in [6.07, 6.45) is 1.12. The molecule has 0 saturated heterocycles. The third-order valence-corrected chi connectivity index (χ3v) is 4.20. The summed E-state index contributed by atoms with van der Waals surface area (Å²) in [6, 6.07) is 6.97. The van der Waals surface area contributed by atoms with Crippen molar-refractivity contribution in [3.63, 3.8) is 0 Å². The molecule has 0 radical (unpaired) electrons. The fourth-order valence-corrected chi connectivity index (χ4v) is 2.97. The SMILES string of the molecule is CC(NCCc1ccsc1)c1cccs1. The molecule has 80 valence electrons. The van der Waals surface area contributed by atoms with Crippen molar-refractivity contribution in [2.75, 3.05) is 6.54 Å². The zero-order valence-electron chi connectivity index (χ0n) is 8.77. The van der Waals surface area contributed by atoms with Crippen molar-refractivity contribution in [2.24, 2.45) is 0 Å². The first-order valence-electron chi connectivity index (χ1n) is 5.14. The highest BCUT2D eigenvalue weighted by Gasteiger charge is 2.04. The lowest BCUT2D eigenvalue weighted by molar-refractivity contribution is 0.585. The molecule has 1 nitrogen and oxygen atoms in total. The molecule has 0 bridgehead atoms. The third-order valence-electron chi connectivity index (χ3n) is 2.41. The molecule has 0 aliphatic heterocycles. The van der Waals surface area contributed by atoms with Crippen molar-refractivity contribution in [1.82, 2.24) is 5.32 Å². The molecule has 1 unspecified atom stereocenters. The van der Waals surface area contributed by atoms with Gasteiger partial charge in [-0.05, 0) is 53.7 Å². The van der Waals surface area contributed by atoms with Crippen LogP contribution in [0.5, 0.6) is 0 Å². The summed E-state index contributed by atoms with van der Waals surface area (Å²) in [6.45, 7) is 3.27. The monoisotopic (exact) mass is 237 g/mol. The zero-order chi connectivity index (χ0) is 10.5. The normalized spacial score (nSPS) is 12.9. The first-order valence-corrected chi connectivity index (χ1v) is 6.96. The van der Waals surface area contributed by atoms with E-state index in [1.165, 1.54) is 10.4 Å². The van der Waals surface area contributed by atoms with Gasteiger partial charge in [0.15, 0.2) is 0 Å². The van der Waals surface area contributed by atoms with Gasteiger partial charge in [-0.25, -0.2) is 0 Å². The van der Waals surface area contributed by atoms with E-state index >= 15 is 0 Å². The summed E-state index contributed by atoms with van der Waals surface area (Å²) in [5.74, 6) is 0. The molecule has 1 N–H and O–H groups in total. The minimum Gasteiger partial charge on any atom is -0.309 e. The van der Waals surface area contributed by atoms with E-state index in [1.807, 2.05) is 11.3 Å². The lowest BCUT2D eigenvalue weighted by Crippen LogP contribution is -2.20. The molecule has 15 heavy (non-hydrogen) atoms. The van der Waals surface area contributed by atoms with Gasteiger partial charge in [0, 0.05) is 10.9 Å². The number of hydrogen-bond donors (Lipinski definition) is 1. The maximum Gasteiger partial charge on any atom is 0.0386 e. The summed E-state index contributed by atoms with van der Waals surface area (Å²) in [5, 5.41) is 10.0. The Morgan fingerprint density at radius 1 is 1.33 bits per heavy atom. The van der Waals surface area contributed by atoms with Gasteiger partial charge < -0.3 is 5.32 Å². The Morgan fingerprint density at radius 2 is 2.27 bits per heavy atom. The molecule has 0 aromatic carbocycles. The molecular weight excluding hydrogens is 222 g/mol. The minimum absolute atomic E-state index is 0.476. The highest BCUT2D eigenvalue weighted by Crippen LogP contribution is 2.17. The van der Waals surface area contributed by atoms with E-state index < -0.39 is 0 Å². The second kappa shape index (κ2) is 5.45. The zero-order valence-corrected chi connectivity index (χ0v) is 10.4. The van der Waals surface area contributed by atoms with Crippen molar-refractivity contribution in [3.8, 4) is 0 Å². The Kier molecular flexibility index (Phi) is 3.94. The molecular formula is C12H15NS2. The van der Waals surface area contributed by atoms with Gasteiger partial charge in [0.2, 0.25) is 0 Å². The van der Waals surface area contributed by atoms with Crippen molar-refractivity contribution in [3.05, 3.63) is 44.8 Å². The van der Waals surface area contributed by atoms with Crippen LogP contribution in [0.1, 0.15) is 23.4 Å². The highest BCUT2D eigenvalue weighted by molar-refractivity contribution is 7.10. The van der Waals surface area contributed by atoms with Crippen LogP contribution in [0.15, 0.2) is 34.3 Å². The maximum atomic E-state index is 3.54. The molecule has 0 aliphatic rings. The summed E-state index contributed by atoms with van der Waals surface area (Å²) < 4.78 is 0. The van der Waals surface area contributed by atoms with Crippen molar-refractivity contribution < 1.29 is 0 Å². The molecule has 0 spiro atoms. The van der Waals surface area contributed by atoms with Crippen LogP contribution in [0.2, 0.25) is 0 Å². The van der Waals surface area contributed by atoms with E-state index in [2.05, 4.69) is 46.6 Å². The maximum absolute atomic E-state index is 3.54. The molecule has 2 heterocycles. The van der Waals surface area contributed by atoms with Gasteiger partial charge in [0.25, 0.3) is 0 Å². The summed E-state index contributed by atoms with van der Waals surface area (Å²) in [4.78, 5) is 1.42. The Balaban J connectivity index is 1.74. The van der Waals surface area contributed by atoms with Gasteiger partial charge in [-0.2, -0.15) is 11.3 Å². The van der Waals surface area contributed by atoms with E-state index in [0.29, 0.717) is 6.04 Å². The van der Waals surface area contributed by atoms with Crippen LogP contribution in [0.4, 0.5) is 0 Å². The highest BCUT2D eigenvalue weighted by atomic mass is 32.1. The molecule has 2 aromatic heterocycles. The van der Waals surface area contributed by atoms with Crippen molar-refractivity contribution >= 4 is 22.7 Å². The van der Waals surface area contributed by atoms with Crippen molar-refractivity contribution in [1.29, 1.82) is 0 Å². The Labute approximate surface area is 98.8 Å². The molecule has 0 amide bonds. The second-order valence-electron chi connectivity index (χ2n) is 3.57. The standard InChI is InChI=1S/C12H15NS2/c1-10(12-3-2-7-15-12)13-6-4-11-5-8-14-9-11/h2-3,5,7-10,13H,4,6H2,1H3. The van der Waals surface area contributed by atoms with E-state index in [0.717, 1.165) is 13.0 Å². The van der Waals surface area contributed by atoms with E-state index in [4.69, 9.17) is 0 Å². The Bertz CT molecular complexity index is 364. The smallest absolute Gasteiger partial charge is 0.0386 e. The molecule has 1 atom stereocenters. The summed E-state index contributed by atoms with van der Waals surface area (Å²) >= 11 is 3.59. The summed E-state index contributed by atoms with van der Waals surface area (Å²) in [5.41, 5.74) is 1.44. The van der Waals surface area contributed by atoms with Crippen LogP contribution in [-0.4, -0.2) is 6.54 Å². The second-order valence-corrected chi connectivity index (χ2v) is 5.33. The van der Waals surface area contributed by atoms with Gasteiger partial charge >= 0.3 is 0 Å². The van der Waals surface area contributed by atoms with Crippen LogP contribution in [-0.2, 0) is 6.42 Å². The van der Waals surface area contributed by atoms with Gasteiger partial charge in [-0.15, -0.1) is 11.3 Å². The van der Waals surface area contributed by atoms with E-state index in [9.17, 15) is 0 Å². The number of thiophene rings is 2. The van der Waals surface area contributed by atoms with E-state index in [1.54, 1.807) is 11.3 Å². The largest absolute Gasteiger partial charge is 0.309 e. The average Bonchev–Trinajstić information content (AvgIpc) is 2.90.